The van der Waals surface area contributed by atoms with Crippen LogP contribution in [0.4, 0.5) is 11.4 Å². The lowest BCUT2D eigenvalue weighted by Gasteiger charge is -2.19. The van der Waals surface area contributed by atoms with Gasteiger partial charge in [0.15, 0.2) is 12.3 Å². The van der Waals surface area contributed by atoms with Gasteiger partial charge in [-0.15, -0.1) is 5.10 Å². The van der Waals surface area contributed by atoms with Crippen LogP contribution in [0.2, 0.25) is 0 Å². The van der Waals surface area contributed by atoms with Crippen LogP contribution in [0.25, 0.3) is 0 Å². The Hall–Kier alpha value is -4.01. The van der Waals surface area contributed by atoms with E-state index in [1.807, 2.05) is 30.3 Å². The number of esters is 1. The number of anilines is 2. The van der Waals surface area contributed by atoms with E-state index in [0.717, 1.165) is 12.0 Å². The first-order chi connectivity index (χ1) is 15.1. The molecule has 1 fully saturated rings. The summed E-state index contributed by atoms with van der Waals surface area (Å²) >= 11 is 0. The highest BCUT2D eigenvalue weighted by Crippen LogP contribution is 2.29. The summed E-state index contributed by atoms with van der Waals surface area (Å²) in [6, 6.07) is 16.7. The standard InChI is InChI=1S/C22H21N5O4/c28-20(23-17-9-4-5-10-19(17)27-12-6-11-21(27)29)15-31-22(30)18-14-26(25-24-18)13-16-7-2-1-3-8-16/h1-5,7-10,14H,6,11-13,15H2,(H,23,28). The number of ether oxygens (including phenoxy) is 1. The SMILES string of the molecule is O=C(COC(=O)c1cn(Cc2ccccc2)nn1)Nc1ccccc1N1CCCC1=O. The number of nitrogens with zero attached hydrogens (tertiary/aromatic N) is 4. The van der Waals surface area contributed by atoms with Gasteiger partial charge in [-0.25, -0.2) is 9.48 Å². The van der Waals surface area contributed by atoms with E-state index in [4.69, 9.17) is 4.74 Å². The van der Waals surface area contributed by atoms with E-state index in [1.54, 1.807) is 29.2 Å². The molecule has 1 aliphatic rings. The molecule has 0 radical (unpaired) electrons. The van der Waals surface area contributed by atoms with Crippen molar-refractivity contribution < 1.29 is 19.1 Å². The van der Waals surface area contributed by atoms with E-state index < -0.39 is 18.5 Å². The van der Waals surface area contributed by atoms with Crippen LogP contribution in [-0.4, -0.2) is 45.9 Å². The van der Waals surface area contributed by atoms with Gasteiger partial charge in [0.05, 0.1) is 24.1 Å². The lowest BCUT2D eigenvalue weighted by atomic mass is 10.2. The summed E-state index contributed by atoms with van der Waals surface area (Å²) in [5.74, 6) is -1.23. The molecule has 0 saturated carbocycles. The van der Waals surface area contributed by atoms with Crippen LogP contribution in [0, 0.1) is 0 Å². The third-order valence-electron chi connectivity index (χ3n) is 4.81. The van der Waals surface area contributed by atoms with Crippen molar-refractivity contribution in [2.75, 3.05) is 23.4 Å². The summed E-state index contributed by atoms with van der Waals surface area (Å²) in [5, 5.41) is 10.4. The number of para-hydroxylation sites is 2. The number of carbonyl (C=O) groups excluding carboxylic acids is 3. The molecule has 0 atom stereocenters. The highest BCUT2D eigenvalue weighted by molar-refractivity contribution is 6.02. The summed E-state index contributed by atoms with van der Waals surface area (Å²) in [7, 11) is 0. The minimum absolute atomic E-state index is 0.0201. The summed E-state index contributed by atoms with van der Waals surface area (Å²) in [4.78, 5) is 38.2. The van der Waals surface area contributed by atoms with Gasteiger partial charge < -0.3 is 15.0 Å². The van der Waals surface area contributed by atoms with E-state index in [2.05, 4.69) is 15.6 Å². The molecule has 2 aromatic carbocycles. The summed E-state index contributed by atoms with van der Waals surface area (Å²) in [6.07, 6.45) is 2.75. The monoisotopic (exact) mass is 419 g/mol. The first kappa shape index (κ1) is 20.3. The minimum atomic E-state index is -0.738. The maximum Gasteiger partial charge on any atom is 0.361 e. The fraction of sp³-hybridized carbons (Fsp3) is 0.227. The van der Waals surface area contributed by atoms with Crippen molar-refractivity contribution in [1.29, 1.82) is 0 Å². The van der Waals surface area contributed by atoms with E-state index in [9.17, 15) is 14.4 Å². The second kappa shape index (κ2) is 9.21. The van der Waals surface area contributed by atoms with Crippen molar-refractivity contribution in [3.63, 3.8) is 0 Å². The van der Waals surface area contributed by atoms with Gasteiger partial charge in [-0.05, 0) is 24.1 Å². The maximum atomic E-state index is 12.3. The Morgan fingerprint density at radius 2 is 1.84 bits per heavy atom. The Bertz CT molecular complexity index is 1100. The van der Waals surface area contributed by atoms with Crippen LogP contribution in [0.5, 0.6) is 0 Å². The van der Waals surface area contributed by atoms with Gasteiger partial charge in [-0.1, -0.05) is 47.7 Å². The third-order valence-corrected chi connectivity index (χ3v) is 4.81. The molecule has 9 heteroatoms. The highest BCUT2D eigenvalue weighted by Gasteiger charge is 2.24. The number of hydrogen-bond donors (Lipinski definition) is 1. The molecule has 1 N–H and O–H groups in total. The molecular weight excluding hydrogens is 398 g/mol. The van der Waals surface area contributed by atoms with E-state index >= 15 is 0 Å². The second-order valence-electron chi connectivity index (χ2n) is 7.08. The second-order valence-corrected chi connectivity index (χ2v) is 7.08. The number of carbonyl (C=O) groups is 3. The fourth-order valence-corrected chi connectivity index (χ4v) is 3.35. The molecule has 1 saturated heterocycles. The van der Waals surface area contributed by atoms with Crippen LogP contribution in [0.1, 0.15) is 28.9 Å². The van der Waals surface area contributed by atoms with Crippen LogP contribution in [0.15, 0.2) is 60.8 Å². The molecule has 2 amide bonds. The number of rotatable bonds is 7. The maximum absolute atomic E-state index is 12.3. The van der Waals surface area contributed by atoms with Crippen LogP contribution < -0.4 is 10.2 Å². The van der Waals surface area contributed by atoms with Gasteiger partial charge in [0, 0.05) is 13.0 Å². The highest BCUT2D eigenvalue weighted by atomic mass is 16.5. The van der Waals surface area contributed by atoms with Crippen molar-refractivity contribution in [2.24, 2.45) is 0 Å². The fourth-order valence-electron chi connectivity index (χ4n) is 3.35. The number of benzene rings is 2. The quantitative estimate of drug-likeness (QED) is 0.589. The van der Waals surface area contributed by atoms with Gasteiger partial charge >= 0.3 is 5.97 Å². The molecule has 0 aliphatic carbocycles. The van der Waals surface area contributed by atoms with Crippen molar-refractivity contribution in [3.8, 4) is 0 Å². The predicted molar refractivity (Wildman–Crippen MR) is 113 cm³/mol. The van der Waals surface area contributed by atoms with Crippen molar-refractivity contribution in [3.05, 3.63) is 72.1 Å². The first-order valence-electron chi connectivity index (χ1n) is 9.90. The average molecular weight is 419 g/mol. The Kier molecular flexibility index (Phi) is 6.02. The number of aromatic nitrogens is 3. The summed E-state index contributed by atoms with van der Waals surface area (Å²) < 4.78 is 6.59. The topological polar surface area (TPSA) is 106 Å². The molecule has 31 heavy (non-hydrogen) atoms. The Labute approximate surface area is 178 Å². The van der Waals surface area contributed by atoms with E-state index in [1.165, 1.54) is 10.9 Å². The van der Waals surface area contributed by atoms with Gasteiger partial charge in [0.1, 0.15) is 0 Å². The molecule has 0 spiro atoms. The Morgan fingerprint density at radius 3 is 2.61 bits per heavy atom. The van der Waals surface area contributed by atoms with Crippen LogP contribution in [-0.2, 0) is 20.9 Å². The normalized spacial score (nSPS) is 13.3. The lowest BCUT2D eigenvalue weighted by molar-refractivity contribution is -0.119. The molecule has 0 unspecified atom stereocenters. The zero-order valence-electron chi connectivity index (χ0n) is 16.7. The smallest absolute Gasteiger partial charge is 0.361 e. The minimum Gasteiger partial charge on any atom is -0.451 e. The summed E-state index contributed by atoms with van der Waals surface area (Å²) in [6.45, 7) is 0.597. The van der Waals surface area contributed by atoms with E-state index in [-0.39, 0.29) is 11.6 Å². The number of hydrogen-bond acceptors (Lipinski definition) is 6. The molecule has 2 heterocycles. The first-order valence-corrected chi connectivity index (χ1v) is 9.90. The molecule has 1 aliphatic heterocycles. The summed E-state index contributed by atoms with van der Waals surface area (Å²) in [5.41, 5.74) is 2.16. The van der Waals surface area contributed by atoms with Crippen molar-refractivity contribution in [2.45, 2.75) is 19.4 Å². The lowest BCUT2D eigenvalue weighted by Crippen LogP contribution is -2.27. The average Bonchev–Trinajstić information content (AvgIpc) is 3.42. The predicted octanol–water partition coefficient (Wildman–Crippen LogP) is 2.25. The Balaban J connectivity index is 1.32. The molecule has 3 aromatic rings. The molecule has 1 aromatic heterocycles. The molecule has 9 nitrogen and oxygen atoms in total. The van der Waals surface area contributed by atoms with Gasteiger partial charge in [-0.2, -0.15) is 0 Å². The largest absolute Gasteiger partial charge is 0.451 e. The van der Waals surface area contributed by atoms with Crippen LogP contribution >= 0.6 is 0 Å². The van der Waals surface area contributed by atoms with E-state index in [0.29, 0.717) is 30.9 Å². The van der Waals surface area contributed by atoms with Gasteiger partial charge in [-0.3, -0.25) is 9.59 Å². The van der Waals surface area contributed by atoms with Gasteiger partial charge in [0.25, 0.3) is 5.91 Å². The molecule has 0 bridgehead atoms. The molecular formula is C22H21N5O4. The van der Waals surface area contributed by atoms with Crippen LogP contribution in [0.3, 0.4) is 0 Å². The van der Waals surface area contributed by atoms with Crippen molar-refractivity contribution >= 4 is 29.2 Å². The third kappa shape index (κ3) is 4.95. The number of nitrogens with one attached hydrogen (secondary N) is 1. The number of amides is 2. The molecule has 4 rings (SSSR count). The zero-order chi connectivity index (χ0) is 21.6. The molecule has 158 valence electrons. The van der Waals surface area contributed by atoms with Crippen molar-refractivity contribution in [1.82, 2.24) is 15.0 Å². The Morgan fingerprint density at radius 1 is 1.06 bits per heavy atom. The zero-order valence-corrected chi connectivity index (χ0v) is 16.7. The van der Waals surface area contributed by atoms with Gasteiger partial charge in [0.2, 0.25) is 5.91 Å².